The van der Waals surface area contributed by atoms with E-state index in [0.29, 0.717) is 18.9 Å². The molecule has 0 bridgehead atoms. The molecule has 0 atom stereocenters. The molecule has 1 aliphatic carbocycles. The fourth-order valence-corrected chi connectivity index (χ4v) is 2.51. The third-order valence-electron chi connectivity index (χ3n) is 3.59. The Morgan fingerprint density at radius 2 is 1.87 bits per heavy atom. The lowest BCUT2D eigenvalue weighted by Crippen LogP contribution is -2.21. The lowest BCUT2D eigenvalue weighted by atomic mass is 9.76. The van der Waals surface area contributed by atoms with Crippen LogP contribution in [0.3, 0.4) is 0 Å². The van der Waals surface area contributed by atoms with Gasteiger partial charge >= 0.3 is 5.97 Å². The zero-order chi connectivity index (χ0) is 11.3. The van der Waals surface area contributed by atoms with Crippen molar-refractivity contribution in [2.45, 2.75) is 52.9 Å². The van der Waals surface area contributed by atoms with E-state index in [9.17, 15) is 4.79 Å². The van der Waals surface area contributed by atoms with Gasteiger partial charge in [0.05, 0.1) is 6.61 Å². The molecule has 0 unspecified atom stereocenters. The molecule has 0 radical (unpaired) electrons. The minimum atomic E-state index is -0.00880. The summed E-state index contributed by atoms with van der Waals surface area (Å²) in [5.41, 5.74) is 0. The minimum absolute atomic E-state index is 0.00880. The zero-order valence-corrected chi connectivity index (χ0v) is 10.3. The second kappa shape index (κ2) is 6.14. The molecule has 1 saturated carbocycles. The molecule has 88 valence electrons. The Morgan fingerprint density at radius 1 is 1.27 bits per heavy atom. The standard InChI is InChI=1S/C13H24O2/c1-4-15-13(14)9-11-5-7-12(8-6-11)10(2)3/h10-12H,4-9H2,1-3H3. The van der Waals surface area contributed by atoms with Gasteiger partial charge in [0.1, 0.15) is 0 Å². The molecule has 0 saturated heterocycles. The summed E-state index contributed by atoms with van der Waals surface area (Å²) in [7, 11) is 0. The lowest BCUT2D eigenvalue weighted by Gasteiger charge is -2.30. The molecule has 1 rings (SSSR count). The summed E-state index contributed by atoms with van der Waals surface area (Å²) in [5, 5.41) is 0. The molecular formula is C13H24O2. The number of ether oxygens (including phenoxy) is 1. The van der Waals surface area contributed by atoms with Crippen LogP contribution in [0.2, 0.25) is 0 Å². The van der Waals surface area contributed by atoms with Crippen molar-refractivity contribution in [2.24, 2.45) is 17.8 Å². The average molecular weight is 212 g/mol. The number of carbonyl (C=O) groups excluding carboxylic acids is 1. The number of esters is 1. The van der Waals surface area contributed by atoms with Crippen molar-refractivity contribution in [3.63, 3.8) is 0 Å². The Hall–Kier alpha value is -0.530. The van der Waals surface area contributed by atoms with E-state index in [-0.39, 0.29) is 5.97 Å². The third-order valence-corrected chi connectivity index (χ3v) is 3.59. The summed E-state index contributed by atoms with van der Waals surface area (Å²) in [5.74, 6) is 2.25. The van der Waals surface area contributed by atoms with Crippen molar-refractivity contribution in [3.8, 4) is 0 Å². The molecule has 0 amide bonds. The number of rotatable bonds is 4. The molecule has 0 heterocycles. The van der Waals surface area contributed by atoms with Crippen molar-refractivity contribution in [1.29, 1.82) is 0 Å². The van der Waals surface area contributed by atoms with Gasteiger partial charge in [-0.15, -0.1) is 0 Å². The van der Waals surface area contributed by atoms with E-state index in [1.54, 1.807) is 0 Å². The third kappa shape index (κ3) is 4.23. The number of carbonyl (C=O) groups is 1. The van der Waals surface area contributed by atoms with Crippen LogP contribution in [-0.2, 0) is 9.53 Å². The number of hydrogen-bond donors (Lipinski definition) is 0. The first kappa shape index (κ1) is 12.5. The van der Waals surface area contributed by atoms with Crippen LogP contribution in [0.15, 0.2) is 0 Å². The quantitative estimate of drug-likeness (QED) is 0.668. The zero-order valence-electron chi connectivity index (χ0n) is 10.3. The first-order chi connectivity index (χ1) is 7.13. The maximum absolute atomic E-state index is 11.3. The van der Waals surface area contributed by atoms with E-state index in [1.165, 1.54) is 25.7 Å². The highest BCUT2D eigenvalue weighted by molar-refractivity contribution is 5.69. The lowest BCUT2D eigenvalue weighted by molar-refractivity contribution is -0.144. The van der Waals surface area contributed by atoms with Gasteiger partial charge in [-0.3, -0.25) is 4.79 Å². The van der Waals surface area contributed by atoms with Crippen LogP contribution in [0, 0.1) is 17.8 Å². The van der Waals surface area contributed by atoms with Crippen LogP contribution in [0.4, 0.5) is 0 Å². The van der Waals surface area contributed by atoms with Crippen molar-refractivity contribution < 1.29 is 9.53 Å². The minimum Gasteiger partial charge on any atom is -0.466 e. The smallest absolute Gasteiger partial charge is 0.306 e. The SMILES string of the molecule is CCOC(=O)CC1CCC(C(C)C)CC1. The van der Waals surface area contributed by atoms with Gasteiger partial charge in [0.15, 0.2) is 0 Å². The summed E-state index contributed by atoms with van der Waals surface area (Å²) in [6.07, 6.45) is 5.64. The highest BCUT2D eigenvalue weighted by atomic mass is 16.5. The fourth-order valence-electron chi connectivity index (χ4n) is 2.51. The van der Waals surface area contributed by atoms with Gasteiger partial charge in [0.2, 0.25) is 0 Å². The topological polar surface area (TPSA) is 26.3 Å². The van der Waals surface area contributed by atoms with Crippen molar-refractivity contribution in [3.05, 3.63) is 0 Å². The Bertz CT molecular complexity index is 191. The maximum Gasteiger partial charge on any atom is 0.306 e. The normalized spacial score (nSPS) is 26.7. The molecule has 1 aliphatic rings. The van der Waals surface area contributed by atoms with Crippen LogP contribution < -0.4 is 0 Å². The molecule has 15 heavy (non-hydrogen) atoms. The van der Waals surface area contributed by atoms with Gasteiger partial charge in [-0.25, -0.2) is 0 Å². The Labute approximate surface area is 93.4 Å². The maximum atomic E-state index is 11.3. The first-order valence-electron chi connectivity index (χ1n) is 6.29. The molecule has 0 aromatic heterocycles. The molecule has 0 N–H and O–H groups in total. The average Bonchev–Trinajstić information content (AvgIpc) is 2.18. The predicted molar refractivity (Wildman–Crippen MR) is 61.5 cm³/mol. The molecule has 1 fully saturated rings. The van der Waals surface area contributed by atoms with Crippen LogP contribution in [0.5, 0.6) is 0 Å². The molecule has 2 nitrogen and oxygen atoms in total. The van der Waals surface area contributed by atoms with Crippen LogP contribution >= 0.6 is 0 Å². The second-order valence-corrected chi connectivity index (χ2v) is 5.03. The molecular weight excluding hydrogens is 188 g/mol. The molecule has 0 aromatic rings. The van der Waals surface area contributed by atoms with Gasteiger partial charge in [-0.05, 0) is 50.4 Å². The summed E-state index contributed by atoms with van der Waals surface area (Å²) in [4.78, 5) is 11.3. The monoisotopic (exact) mass is 212 g/mol. The van der Waals surface area contributed by atoms with Crippen molar-refractivity contribution >= 4 is 5.97 Å². The van der Waals surface area contributed by atoms with Crippen LogP contribution in [0.25, 0.3) is 0 Å². The summed E-state index contributed by atoms with van der Waals surface area (Å²) < 4.78 is 4.98. The molecule has 0 spiro atoms. The second-order valence-electron chi connectivity index (χ2n) is 5.03. The molecule has 2 heteroatoms. The highest BCUT2D eigenvalue weighted by Gasteiger charge is 2.24. The molecule has 0 aliphatic heterocycles. The Balaban J connectivity index is 2.22. The molecule has 0 aromatic carbocycles. The largest absolute Gasteiger partial charge is 0.466 e. The van der Waals surface area contributed by atoms with Gasteiger partial charge in [-0.1, -0.05) is 13.8 Å². The van der Waals surface area contributed by atoms with E-state index in [4.69, 9.17) is 4.74 Å². The van der Waals surface area contributed by atoms with Crippen LogP contribution in [0.1, 0.15) is 52.9 Å². The van der Waals surface area contributed by atoms with Gasteiger partial charge in [-0.2, -0.15) is 0 Å². The summed E-state index contributed by atoms with van der Waals surface area (Å²) in [6, 6.07) is 0. The van der Waals surface area contributed by atoms with Crippen LogP contribution in [-0.4, -0.2) is 12.6 Å². The van der Waals surface area contributed by atoms with E-state index in [2.05, 4.69) is 13.8 Å². The van der Waals surface area contributed by atoms with E-state index in [0.717, 1.165) is 11.8 Å². The van der Waals surface area contributed by atoms with E-state index < -0.39 is 0 Å². The Kier molecular flexibility index (Phi) is 5.13. The van der Waals surface area contributed by atoms with E-state index >= 15 is 0 Å². The fraction of sp³-hybridized carbons (Fsp3) is 0.923. The Morgan fingerprint density at radius 3 is 2.33 bits per heavy atom. The predicted octanol–water partition coefficient (Wildman–Crippen LogP) is 3.40. The van der Waals surface area contributed by atoms with Crippen molar-refractivity contribution in [2.75, 3.05) is 6.61 Å². The summed E-state index contributed by atoms with van der Waals surface area (Å²) in [6.45, 7) is 6.99. The van der Waals surface area contributed by atoms with E-state index in [1.807, 2.05) is 6.92 Å². The van der Waals surface area contributed by atoms with Gasteiger partial charge in [0, 0.05) is 6.42 Å². The summed E-state index contributed by atoms with van der Waals surface area (Å²) >= 11 is 0. The first-order valence-corrected chi connectivity index (χ1v) is 6.29. The number of hydrogen-bond acceptors (Lipinski definition) is 2. The van der Waals surface area contributed by atoms with Gasteiger partial charge < -0.3 is 4.74 Å². The van der Waals surface area contributed by atoms with Crippen molar-refractivity contribution in [1.82, 2.24) is 0 Å². The van der Waals surface area contributed by atoms with Gasteiger partial charge in [0.25, 0.3) is 0 Å². The highest BCUT2D eigenvalue weighted by Crippen LogP contribution is 2.34.